The van der Waals surface area contributed by atoms with Crippen LogP contribution < -0.4 is 5.32 Å². The first-order valence-corrected chi connectivity index (χ1v) is 7.35. The largest absolute Gasteiger partial charge is 0.449 e. The Morgan fingerprint density at radius 1 is 1.28 bits per heavy atom. The number of aromatic nitrogens is 1. The fraction of sp³-hybridized carbons (Fsp3) is 0.188. The molecule has 0 radical (unpaired) electrons. The van der Waals surface area contributed by atoms with Crippen LogP contribution in [0.25, 0.3) is 0 Å². The zero-order valence-electron chi connectivity index (χ0n) is 12.8. The van der Waals surface area contributed by atoms with Gasteiger partial charge >= 0.3 is 12.1 Å². The molecule has 9 heteroatoms. The summed E-state index contributed by atoms with van der Waals surface area (Å²) in [6.07, 6.45) is -3.15. The minimum atomic E-state index is -4.66. The molecule has 0 saturated heterocycles. The predicted molar refractivity (Wildman–Crippen MR) is 84.2 cm³/mol. The highest BCUT2D eigenvalue weighted by molar-refractivity contribution is 6.31. The predicted octanol–water partition coefficient (Wildman–Crippen LogP) is 3.94. The summed E-state index contributed by atoms with van der Waals surface area (Å²) >= 11 is 5.51. The number of ether oxygens (including phenoxy) is 1. The molecule has 2 rings (SSSR count). The van der Waals surface area contributed by atoms with Gasteiger partial charge in [-0.05, 0) is 37.3 Å². The summed E-state index contributed by atoms with van der Waals surface area (Å²) in [6, 6.07) is 5.91. The monoisotopic (exact) mass is 372 g/mol. The number of amides is 1. The van der Waals surface area contributed by atoms with Gasteiger partial charge in [-0.3, -0.25) is 9.78 Å². The second kappa shape index (κ2) is 7.52. The number of alkyl halides is 3. The SMILES string of the molecule is CC(OC(=O)c1cccnc1)C(=O)Nc1ccc(Cl)c(C(F)(F)F)c1. The van der Waals surface area contributed by atoms with Gasteiger partial charge in [-0.15, -0.1) is 0 Å². The van der Waals surface area contributed by atoms with Crippen LogP contribution >= 0.6 is 11.6 Å². The number of hydrogen-bond donors (Lipinski definition) is 1. The highest BCUT2D eigenvalue weighted by Gasteiger charge is 2.33. The highest BCUT2D eigenvalue weighted by atomic mass is 35.5. The van der Waals surface area contributed by atoms with Crippen molar-refractivity contribution in [2.75, 3.05) is 5.32 Å². The van der Waals surface area contributed by atoms with Gasteiger partial charge in [-0.1, -0.05) is 11.6 Å². The Bertz CT molecular complexity index is 782. The zero-order valence-corrected chi connectivity index (χ0v) is 13.6. The fourth-order valence-corrected chi connectivity index (χ4v) is 2.05. The van der Waals surface area contributed by atoms with Gasteiger partial charge in [0.15, 0.2) is 6.10 Å². The molecule has 1 heterocycles. The topological polar surface area (TPSA) is 68.3 Å². The Morgan fingerprint density at radius 3 is 2.60 bits per heavy atom. The molecule has 1 aromatic carbocycles. The summed E-state index contributed by atoms with van der Waals surface area (Å²) in [6.45, 7) is 1.30. The van der Waals surface area contributed by atoms with Crippen molar-refractivity contribution in [3.63, 3.8) is 0 Å². The smallest absolute Gasteiger partial charge is 0.417 e. The van der Waals surface area contributed by atoms with Crippen LogP contribution in [0.15, 0.2) is 42.7 Å². The highest BCUT2D eigenvalue weighted by Crippen LogP contribution is 2.36. The molecule has 0 aliphatic heterocycles. The van der Waals surface area contributed by atoms with Crippen molar-refractivity contribution in [1.82, 2.24) is 4.98 Å². The standard InChI is InChI=1S/C16H12ClF3N2O3/c1-9(25-15(24)10-3-2-6-21-8-10)14(23)22-11-4-5-13(17)12(7-11)16(18,19)20/h2-9H,1H3,(H,22,23). The molecule has 0 bridgehead atoms. The summed E-state index contributed by atoms with van der Waals surface area (Å²) < 4.78 is 43.4. The molecular weight excluding hydrogens is 361 g/mol. The summed E-state index contributed by atoms with van der Waals surface area (Å²) in [5.74, 6) is -1.56. The van der Waals surface area contributed by atoms with Crippen molar-refractivity contribution in [2.24, 2.45) is 0 Å². The van der Waals surface area contributed by atoms with Crippen LogP contribution in [0.2, 0.25) is 5.02 Å². The third kappa shape index (κ3) is 4.93. The maximum Gasteiger partial charge on any atom is 0.417 e. The number of hydrogen-bond acceptors (Lipinski definition) is 4. The number of esters is 1. The molecule has 1 amide bonds. The van der Waals surface area contributed by atoms with E-state index in [1.54, 1.807) is 0 Å². The first kappa shape index (κ1) is 18.7. The van der Waals surface area contributed by atoms with Gasteiger partial charge < -0.3 is 10.1 Å². The molecule has 0 aliphatic rings. The molecule has 1 aromatic heterocycles. The molecule has 132 valence electrons. The van der Waals surface area contributed by atoms with E-state index < -0.39 is 34.7 Å². The van der Waals surface area contributed by atoms with Crippen molar-refractivity contribution in [3.05, 3.63) is 58.9 Å². The Labute approximate surface area is 145 Å². The lowest BCUT2D eigenvalue weighted by Crippen LogP contribution is -2.30. The molecule has 0 fully saturated rings. The number of halogens is 4. The van der Waals surface area contributed by atoms with Crippen LogP contribution in [0.1, 0.15) is 22.8 Å². The van der Waals surface area contributed by atoms with Crippen LogP contribution in [0.5, 0.6) is 0 Å². The van der Waals surface area contributed by atoms with Crippen molar-refractivity contribution >= 4 is 29.2 Å². The van der Waals surface area contributed by atoms with Crippen LogP contribution in [0.4, 0.5) is 18.9 Å². The third-order valence-corrected chi connectivity index (χ3v) is 3.42. The van der Waals surface area contributed by atoms with Crippen molar-refractivity contribution in [3.8, 4) is 0 Å². The number of nitrogens with one attached hydrogen (secondary N) is 1. The average molecular weight is 373 g/mol. The van der Waals surface area contributed by atoms with E-state index in [1.165, 1.54) is 37.5 Å². The molecule has 1 atom stereocenters. The number of rotatable bonds is 4. The van der Waals surface area contributed by atoms with Gasteiger partial charge in [0.2, 0.25) is 0 Å². The van der Waals surface area contributed by atoms with Crippen LogP contribution in [0, 0.1) is 0 Å². The average Bonchev–Trinajstić information content (AvgIpc) is 2.56. The lowest BCUT2D eigenvalue weighted by atomic mass is 10.2. The molecule has 0 saturated carbocycles. The molecule has 1 N–H and O–H groups in total. The van der Waals surface area contributed by atoms with Crippen molar-refractivity contribution in [2.45, 2.75) is 19.2 Å². The van der Waals surface area contributed by atoms with Gasteiger partial charge in [-0.2, -0.15) is 13.2 Å². The lowest BCUT2D eigenvalue weighted by molar-refractivity contribution is -0.137. The van der Waals surface area contributed by atoms with Crippen molar-refractivity contribution < 1.29 is 27.5 Å². The van der Waals surface area contributed by atoms with E-state index in [9.17, 15) is 22.8 Å². The normalized spacial score (nSPS) is 12.4. The van der Waals surface area contributed by atoms with Crippen LogP contribution in [0.3, 0.4) is 0 Å². The van der Waals surface area contributed by atoms with E-state index in [0.717, 1.165) is 6.07 Å². The number of pyridine rings is 1. The summed E-state index contributed by atoms with van der Waals surface area (Å²) in [5, 5.41) is 1.76. The third-order valence-electron chi connectivity index (χ3n) is 3.09. The summed E-state index contributed by atoms with van der Waals surface area (Å²) in [5.41, 5.74) is -1.05. The van der Waals surface area contributed by atoms with Gasteiger partial charge in [0.1, 0.15) is 0 Å². The maximum atomic E-state index is 12.8. The van der Waals surface area contributed by atoms with E-state index >= 15 is 0 Å². The summed E-state index contributed by atoms with van der Waals surface area (Å²) in [7, 11) is 0. The second-order valence-electron chi connectivity index (χ2n) is 4.97. The Hall–Kier alpha value is -2.61. The van der Waals surface area contributed by atoms with Gasteiger partial charge in [0.05, 0.1) is 16.1 Å². The molecule has 0 spiro atoms. The Morgan fingerprint density at radius 2 is 2.00 bits per heavy atom. The van der Waals surface area contributed by atoms with E-state index in [-0.39, 0.29) is 11.3 Å². The van der Waals surface area contributed by atoms with Crippen LogP contribution in [-0.4, -0.2) is 23.0 Å². The van der Waals surface area contributed by atoms with Gasteiger partial charge in [0.25, 0.3) is 5.91 Å². The molecule has 25 heavy (non-hydrogen) atoms. The fourth-order valence-electron chi connectivity index (χ4n) is 1.83. The molecule has 5 nitrogen and oxygen atoms in total. The number of carbonyl (C=O) groups excluding carboxylic acids is 2. The van der Waals surface area contributed by atoms with Crippen LogP contribution in [-0.2, 0) is 15.7 Å². The molecule has 0 aliphatic carbocycles. The molecule has 1 unspecified atom stereocenters. The van der Waals surface area contributed by atoms with E-state index in [1.807, 2.05) is 0 Å². The zero-order chi connectivity index (χ0) is 18.6. The minimum Gasteiger partial charge on any atom is -0.449 e. The quantitative estimate of drug-likeness (QED) is 0.825. The minimum absolute atomic E-state index is 0.119. The first-order valence-electron chi connectivity index (χ1n) is 6.97. The lowest BCUT2D eigenvalue weighted by Gasteiger charge is -2.15. The van der Waals surface area contributed by atoms with Crippen molar-refractivity contribution in [1.29, 1.82) is 0 Å². The second-order valence-corrected chi connectivity index (χ2v) is 5.38. The first-order chi connectivity index (χ1) is 11.7. The summed E-state index contributed by atoms with van der Waals surface area (Å²) in [4.78, 5) is 27.6. The maximum absolute atomic E-state index is 12.8. The van der Waals surface area contributed by atoms with E-state index in [2.05, 4.69) is 10.3 Å². The molecule has 2 aromatic rings. The van der Waals surface area contributed by atoms with Gasteiger partial charge in [-0.25, -0.2) is 4.79 Å². The van der Waals surface area contributed by atoms with E-state index in [4.69, 9.17) is 16.3 Å². The number of nitrogens with zero attached hydrogens (tertiary/aromatic N) is 1. The van der Waals surface area contributed by atoms with E-state index in [0.29, 0.717) is 6.07 Å². The number of benzene rings is 1. The van der Waals surface area contributed by atoms with Gasteiger partial charge in [0, 0.05) is 18.1 Å². The molecular formula is C16H12ClF3N2O3. The Kier molecular flexibility index (Phi) is 5.63. The Balaban J connectivity index is 2.05. The number of anilines is 1. The number of carbonyl (C=O) groups is 2.